The summed E-state index contributed by atoms with van der Waals surface area (Å²) in [4.78, 5) is 11.9. The second kappa shape index (κ2) is 3.57. The molecule has 4 nitrogen and oxygen atoms in total. The molecule has 0 bridgehead atoms. The van der Waals surface area contributed by atoms with E-state index in [0.29, 0.717) is 6.54 Å². The van der Waals surface area contributed by atoms with Crippen LogP contribution in [0.25, 0.3) is 0 Å². The van der Waals surface area contributed by atoms with Crippen LogP contribution in [-0.2, 0) is 0 Å². The van der Waals surface area contributed by atoms with Gasteiger partial charge < -0.3 is 15.7 Å². The van der Waals surface area contributed by atoms with Crippen LogP contribution in [-0.4, -0.2) is 36.2 Å². The lowest BCUT2D eigenvalue weighted by atomic mass is 9.94. The molecule has 4 heteroatoms. The molecular weight excluding hydrogens is 144 g/mol. The van der Waals surface area contributed by atoms with Gasteiger partial charge in [0.25, 0.3) is 0 Å². The fourth-order valence-corrected chi connectivity index (χ4v) is 0.770. The van der Waals surface area contributed by atoms with Gasteiger partial charge in [-0.25, -0.2) is 4.79 Å². The number of nitrogens with zero attached hydrogens (tertiary/aromatic N) is 1. The molecular formula is C7H16N2O2. The Morgan fingerprint density at radius 3 is 2.36 bits per heavy atom. The molecule has 0 atom stereocenters. The molecule has 11 heavy (non-hydrogen) atoms. The maximum absolute atomic E-state index is 10.6. The van der Waals surface area contributed by atoms with E-state index in [1.54, 1.807) is 7.05 Å². The highest BCUT2D eigenvalue weighted by atomic mass is 16.3. The maximum Gasteiger partial charge on any atom is 0.314 e. The van der Waals surface area contributed by atoms with Crippen LogP contribution >= 0.6 is 0 Å². The molecule has 0 unspecified atom stereocenters. The molecule has 0 aliphatic heterocycles. The van der Waals surface area contributed by atoms with Crippen LogP contribution in [0.1, 0.15) is 13.8 Å². The van der Waals surface area contributed by atoms with Gasteiger partial charge in [-0.05, 0) is 0 Å². The average Bonchev–Trinajstić information content (AvgIpc) is 1.87. The van der Waals surface area contributed by atoms with E-state index in [-0.39, 0.29) is 12.0 Å². The van der Waals surface area contributed by atoms with E-state index in [2.05, 4.69) is 0 Å². The van der Waals surface area contributed by atoms with Gasteiger partial charge in [-0.15, -0.1) is 0 Å². The lowest BCUT2D eigenvalue weighted by Crippen LogP contribution is -2.40. The van der Waals surface area contributed by atoms with Crippen molar-refractivity contribution in [3.05, 3.63) is 0 Å². The Balaban J connectivity index is 3.93. The summed E-state index contributed by atoms with van der Waals surface area (Å²) in [5.74, 6) is 0. The minimum atomic E-state index is -0.466. The second-order valence-corrected chi connectivity index (χ2v) is 3.52. The molecule has 3 N–H and O–H groups in total. The molecule has 0 radical (unpaired) electrons. The third-order valence-corrected chi connectivity index (χ3v) is 1.47. The summed E-state index contributed by atoms with van der Waals surface area (Å²) in [5.41, 5.74) is 4.73. The number of hydrogen-bond acceptors (Lipinski definition) is 2. The maximum atomic E-state index is 10.6. The standard InChI is InChI=1S/C7H16N2O2/c1-7(2,5-10)4-9(3)6(8)11/h10H,4-5H2,1-3H3,(H2,8,11). The number of primary amides is 1. The first-order valence-corrected chi connectivity index (χ1v) is 3.50. The molecule has 66 valence electrons. The van der Waals surface area contributed by atoms with E-state index in [9.17, 15) is 4.79 Å². The van der Waals surface area contributed by atoms with Gasteiger partial charge in [-0.1, -0.05) is 13.8 Å². The van der Waals surface area contributed by atoms with Crippen molar-refractivity contribution in [2.45, 2.75) is 13.8 Å². The SMILES string of the molecule is CN(CC(C)(C)CO)C(N)=O. The van der Waals surface area contributed by atoms with Crippen LogP contribution in [0.4, 0.5) is 4.79 Å². The third-order valence-electron chi connectivity index (χ3n) is 1.47. The van der Waals surface area contributed by atoms with Crippen LogP contribution in [0.3, 0.4) is 0 Å². The summed E-state index contributed by atoms with van der Waals surface area (Å²) in [6, 6.07) is -0.466. The molecule has 0 aromatic rings. The first-order chi connectivity index (χ1) is 4.89. The van der Waals surface area contributed by atoms with Gasteiger partial charge in [-0.2, -0.15) is 0 Å². The summed E-state index contributed by atoms with van der Waals surface area (Å²) in [5, 5.41) is 8.85. The zero-order valence-corrected chi connectivity index (χ0v) is 7.29. The predicted molar refractivity (Wildman–Crippen MR) is 43.1 cm³/mol. The summed E-state index contributed by atoms with van der Waals surface area (Å²) >= 11 is 0. The first-order valence-electron chi connectivity index (χ1n) is 3.50. The molecule has 0 aromatic heterocycles. The average molecular weight is 160 g/mol. The lowest BCUT2D eigenvalue weighted by molar-refractivity contribution is 0.124. The summed E-state index contributed by atoms with van der Waals surface area (Å²) in [6.45, 7) is 4.25. The van der Waals surface area contributed by atoms with E-state index < -0.39 is 6.03 Å². The second-order valence-electron chi connectivity index (χ2n) is 3.52. The number of urea groups is 1. The third kappa shape index (κ3) is 3.83. The topological polar surface area (TPSA) is 66.6 Å². The Morgan fingerprint density at radius 2 is 2.09 bits per heavy atom. The van der Waals surface area contributed by atoms with Gasteiger partial charge in [0.05, 0.1) is 0 Å². The number of carbonyl (C=O) groups excluding carboxylic acids is 1. The van der Waals surface area contributed by atoms with Gasteiger partial charge in [0.1, 0.15) is 0 Å². The highest BCUT2D eigenvalue weighted by Crippen LogP contribution is 2.14. The van der Waals surface area contributed by atoms with E-state index >= 15 is 0 Å². The molecule has 2 amide bonds. The fourth-order valence-electron chi connectivity index (χ4n) is 0.770. The van der Waals surface area contributed by atoms with Crippen molar-refractivity contribution in [2.24, 2.45) is 11.1 Å². The Labute approximate surface area is 67.0 Å². The van der Waals surface area contributed by atoms with E-state index in [0.717, 1.165) is 0 Å². The van der Waals surface area contributed by atoms with Crippen molar-refractivity contribution >= 4 is 6.03 Å². The number of aliphatic hydroxyl groups is 1. The van der Waals surface area contributed by atoms with Crippen molar-refractivity contribution in [3.8, 4) is 0 Å². The minimum Gasteiger partial charge on any atom is -0.396 e. The predicted octanol–water partition coefficient (Wildman–Crippen LogP) is 0.0154. The Bertz CT molecular complexity index is 145. The number of nitrogens with two attached hydrogens (primary N) is 1. The van der Waals surface area contributed by atoms with Gasteiger partial charge in [0, 0.05) is 25.6 Å². The molecule has 0 aliphatic carbocycles. The van der Waals surface area contributed by atoms with E-state index in [1.165, 1.54) is 4.90 Å². The monoisotopic (exact) mass is 160 g/mol. The van der Waals surface area contributed by atoms with Crippen molar-refractivity contribution in [3.63, 3.8) is 0 Å². The minimum absolute atomic E-state index is 0.0463. The van der Waals surface area contributed by atoms with Crippen molar-refractivity contribution in [2.75, 3.05) is 20.2 Å². The zero-order chi connectivity index (χ0) is 9.07. The molecule has 0 spiro atoms. The molecule has 0 heterocycles. The van der Waals surface area contributed by atoms with Gasteiger partial charge in [0.15, 0.2) is 0 Å². The van der Waals surface area contributed by atoms with Gasteiger partial charge >= 0.3 is 6.03 Å². The van der Waals surface area contributed by atoms with Gasteiger partial charge in [0.2, 0.25) is 0 Å². The zero-order valence-electron chi connectivity index (χ0n) is 7.29. The smallest absolute Gasteiger partial charge is 0.314 e. The van der Waals surface area contributed by atoms with Crippen molar-refractivity contribution < 1.29 is 9.90 Å². The van der Waals surface area contributed by atoms with Crippen LogP contribution in [0.2, 0.25) is 0 Å². The number of rotatable bonds is 3. The fraction of sp³-hybridized carbons (Fsp3) is 0.857. The molecule has 0 aliphatic rings. The van der Waals surface area contributed by atoms with Crippen LogP contribution in [0.15, 0.2) is 0 Å². The highest BCUT2D eigenvalue weighted by molar-refractivity contribution is 5.71. The van der Waals surface area contributed by atoms with Crippen LogP contribution in [0, 0.1) is 5.41 Å². The van der Waals surface area contributed by atoms with Crippen LogP contribution < -0.4 is 5.73 Å². The summed E-state index contributed by atoms with van der Waals surface area (Å²) < 4.78 is 0. The first kappa shape index (κ1) is 10.2. The Kier molecular flexibility index (Phi) is 3.32. The molecule has 0 fully saturated rings. The molecule has 0 saturated heterocycles. The van der Waals surface area contributed by atoms with Crippen LogP contribution in [0.5, 0.6) is 0 Å². The van der Waals surface area contributed by atoms with E-state index in [4.69, 9.17) is 10.8 Å². The van der Waals surface area contributed by atoms with E-state index in [1.807, 2.05) is 13.8 Å². The molecule has 0 saturated carbocycles. The molecule has 0 aromatic carbocycles. The summed E-state index contributed by atoms with van der Waals surface area (Å²) in [7, 11) is 1.61. The number of amides is 2. The quantitative estimate of drug-likeness (QED) is 0.611. The van der Waals surface area contributed by atoms with Crippen molar-refractivity contribution in [1.29, 1.82) is 0 Å². The normalized spacial score (nSPS) is 11.3. The molecule has 0 rings (SSSR count). The van der Waals surface area contributed by atoms with Gasteiger partial charge in [-0.3, -0.25) is 0 Å². The number of carbonyl (C=O) groups is 1. The Morgan fingerprint density at radius 1 is 1.64 bits per heavy atom. The highest BCUT2D eigenvalue weighted by Gasteiger charge is 2.20. The van der Waals surface area contributed by atoms with Crippen molar-refractivity contribution in [1.82, 2.24) is 4.90 Å². The lowest BCUT2D eigenvalue weighted by Gasteiger charge is -2.27. The Hall–Kier alpha value is -0.770. The number of aliphatic hydroxyl groups excluding tert-OH is 1. The largest absolute Gasteiger partial charge is 0.396 e. The number of hydrogen-bond donors (Lipinski definition) is 2. The summed E-state index contributed by atoms with van der Waals surface area (Å²) in [6.07, 6.45) is 0.